The van der Waals surface area contributed by atoms with E-state index in [2.05, 4.69) is 0 Å². The third kappa shape index (κ3) is 3.37. The minimum absolute atomic E-state index is 0. The van der Waals surface area contributed by atoms with Gasteiger partial charge in [0.15, 0.2) is 10.3 Å². The van der Waals surface area contributed by atoms with E-state index < -0.39 is 29.0 Å². The first kappa shape index (κ1) is 13.6. The van der Waals surface area contributed by atoms with Crippen LogP contribution in [0.5, 0.6) is 0 Å². The molecule has 0 saturated carbocycles. The van der Waals surface area contributed by atoms with Crippen molar-refractivity contribution in [3.05, 3.63) is 35.4 Å². The molecule has 0 heterocycles. The fourth-order valence-corrected chi connectivity index (χ4v) is 2.81. The van der Waals surface area contributed by atoms with Gasteiger partial charge in [-0.1, -0.05) is 30.2 Å². The second-order valence-electron chi connectivity index (χ2n) is 3.87. The first-order valence-electron chi connectivity index (χ1n) is 6.13. The summed E-state index contributed by atoms with van der Waals surface area (Å²) in [7, 11) is -5.27. The van der Waals surface area contributed by atoms with Crippen LogP contribution < -0.4 is 29.6 Å². The number of benzene rings is 1. The quantitative estimate of drug-likeness (QED) is 0.369. The van der Waals surface area contributed by atoms with Gasteiger partial charge in [-0.15, -0.1) is 6.42 Å². The van der Waals surface area contributed by atoms with Gasteiger partial charge in [0.1, 0.15) is 6.17 Å². The van der Waals surface area contributed by atoms with E-state index in [1.165, 1.54) is 6.07 Å². The summed E-state index contributed by atoms with van der Waals surface area (Å²) < 4.78 is 63.1. The number of alkyl halides is 1. The molecule has 0 fully saturated rings. The van der Waals surface area contributed by atoms with E-state index in [4.69, 9.17) is 9.16 Å². The first-order valence-corrected chi connectivity index (χ1v) is 6.50. The van der Waals surface area contributed by atoms with E-state index in [1.54, 1.807) is 24.1 Å². The van der Waals surface area contributed by atoms with Gasteiger partial charge in [-0.05, 0) is 11.1 Å². The molecule has 0 N–H and O–H groups in total. The molecular formula is C12H11FNNaO3S. The predicted octanol–water partition coefficient (Wildman–Crippen LogP) is -1.98. The Morgan fingerprint density at radius 2 is 2.21 bits per heavy atom. The van der Waals surface area contributed by atoms with Gasteiger partial charge in [-0.25, -0.2) is 12.8 Å². The third-order valence-electron chi connectivity index (χ3n) is 2.80. The molecule has 2 atom stereocenters. The maximum absolute atomic E-state index is 14.1. The van der Waals surface area contributed by atoms with Crippen LogP contribution >= 0.6 is 0 Å². The molecule has 2 unspecified atom stereocenters. The minimum atomic E-state index is -5.27. The summed E-state index contributed by atoms with van der Waals surface area (Å²) in [5, 5.41) is 0. The van der Waals surface area contributed by atoms with Crippen molar-refractivity contribution in [3.63, 3.8) is 0 Å². The topological polar surface area (TPSA) is 60.4 Å². The van der Waals surface area contributed by atoms with Crippen LogP contribution in [0.2, 0.25) is 0 Å². The van der Waals surface area contributed by atoms with Crippen LogP contribution in [0.25, 0.3) is 0 Å². The van der Waals surface area contributed by atoms with Crippen LogP contribution in [-0.4, -0.2) is 29.9 Å². The van der Waals surface area contributed by atoms with E-state index in [0.29, 0.717) is 5.56 Å². The molecule has 0 bridgehead atoms. The number of nitrogens with zero attached hydrogens (tertiary/aromatic N) is 1. The smallest absolute Gasteiger partial charge is 0.735 e. The average molecular weight is 293 g/mol. The van der Waals surface area contributed by atoms with E-state index in [-0.39, 0.29) is 45.8 Å². The molecule has 1 aromatic carbocycles. The summed E-state index contributed by atoms with van der Waals surface area (Å²) in [5.74, 6) is 1.59. The Morgan fingerprint density at radius 3 is 2.79 bits per heavy atom. The summed E-state index contributed by atoms with van der Waals surface area (Å²) in [5.41, 5.74) is 0.796. The molecule has 0 spiro atoms. The normalized spacial score (nSPS) is 23.9. The number of hydrogen-bond donors (Lipinski definition) is 0. The molecule has 0 saturated heterocycles. The summed E-state index contributed by atoms with van der Waals surface area (Å²) in [6, 6.07) is 4.73. The Kier molecular flexibility index (Phi) is 4.53. The Morgan fingerprint density at radius 1 is 1.58 bits per heavy atom. The zero-order valence-electron chi connectivity index (χ0n) is 12.2. The Hall–Kier alpha value is -0.420. The van der Waals surface area contributed by atoms with Gasteiger partial charge in [0.05, 0.1) is 15.3 Å². The van der Waals surface area contributed by atoms with Gasteiger partial charge in [0, 0.05) is 6.42 Å². The number of hydrogen-bond acceptors (Lipinski definition) is 3. The van der Waals surface area contributed by atoms with Gasteiger partial charge in [-0.2, -0.15) is 4.31 Å². The molecule has 96 valence electrons. The average Bonchev–Trinajstić information content (AvgIpc) is 2.65. The van der Waals surface area contributed by atoms with Gasteiger partial charge in [0.25, 0.3) is 0 Å². The number of terminal acetylenes is 1. The summed E-state index contributed by atoms with van der Waals surface area (Å²) in [6.07, 6.45) is 3.13. The summed E-state index contributed by atoms with van der Waals surface area (Å²) in [6.45, 7) is -2.90. The third-order valence-corrected chi connectivity index (χ3v) is 3.60. The minimum Gasteiger partial charge on any atom is -0.735 e. The Labute approximate surface area is 137 Å². The molecule has 4 nitrogen and oxygen atoms in total. The van der Waals surface area contributed by atoms with E-state index in [0.717, 1.165) is 0 Å². The van der Waals surface area contributed by atoms with Crippen LogP contribution in [0.1, 0.15) is 19.9 Å². The fourth-order valence-electron chi connectivity index (χ4n) is 2.13. The summed E-state index contributed by atoms with van der Waals surface area (Å²) >= 11 is 0. The van der Waals surface area contributed by atoms with E-state index >= 15 is 0 Å². The molecule has 1 aliphatic carbocycles. The molecule has 0 radical (unpaired) electrons. The maximum Gasteiger partial charge on any atom is 1.00 e. The molecule has 1 aromatic rings. The molecule has 0 aliphatic heterocycles. The summed E-state index contributed by atoms with van der Waals surface area (Å²) in [4.78, 5) is 0. The van der Waals surface area contributed by atoms with Crippen molar-refractivity contribution in [2.24, 2.45) is 0 Å². The van der Waals surface area contributed by atoms with Crippen LogP contribution in [0.3, 0.4) is 0 Å². The second-order valence-corrected chi connectivity index (χ2v) is 5.12. The number of fused-ring (bicyclic) bond motifs is 1. The van der Waals surface area contributed by atoms with Crippen molar-refractivity contribution in [2.45, 2.75) is 18.6 Å². The molecule has 7 heteroatoms. The maximum atomic E-state index is 14.1. The van der Waals surface area contributed by atoms with Gasteiger partial charge >= 0.3 is 29.6 Å². The largest absolute Gasteiger partial charge is 1.00 e. The molecule has 19 heavy (non-hydrogen) atoms. The van der Waals surface area contributed by atoms with Crippen molar-refractivity contribution in [1.29, 1.82) is 0 Å². The Bertz CT molecular complexity index is 677. The van der Waals surface area contributed by atoms with Gasteiger partial charge in [-0.3, -0.25) is 0 Å². The molecular weight excluding hydrogens is 280 g/mol. The van der Waals surface area contributed by atoms with Crippen LogP contribution in [0.4, 0.5) is 4.39 Å². The Balaban J connectivity index is 0.00000220. The van der Waals surface area contributed by atoms with Crippen LogP contribution in [0, 0.1) is 12.3 Å². The van der Waals surface area contributed by atoms with Crippen LogP contribution in [0.15, 0.2) is 24.3 Å². The first-order chi connectivity index (χ1) is 9.18. The molecule has 0 aromatic heterocycles. The van der Waals surface area contributed by atoms with Crippen molar-refractivity contribution in [2.75, 3.05) is 6.50 Å². The van der Waals surface area contributed by atoms with Crippen molar-refractivity contribution in [1.82, 2.24) is 4.31 Å². The van der Waals surface area contributed by atoms with Gasteiger partial charge in [0.2, 0.25) is 0 Å². The SMILES string of the molecule is [2H]C([2H])(C#C)N(C1c2ccccc2CC1F)S(=O)(=O)[O-].[Na+]. The van der Waals surface area contributed by atoms with E-state index in [9.17, 15) is 17.4 Å². The zero-order valence-corrected chi connectivity index (χ0v) is 13.0. The zero-order chi connectivity index (χ0) is 15.1. The standard InChI is InChI=1S/C12H12FNO3S.Na/c1-2-7-14(18(15,16)17)12-10-6-4-3-5-9(10)8-11(12)13;/h1,3-6,11-12H,7-8H2,(H,15,16,17);/q;+1/p-1/i7D2;. The van der Waals surface area contributed by atoms with Crippen molar-refractivity contribution >= 4 is 10.3 Å². The van der Waals surface area contributed by atoms with Crippen molar-refractivity contribution in [3.8, 4) is 12.3 Å². The fraction of sp³-hybridized carbons (Fsp3) is 0.333. The monoisotopic (exact) mass is 293 g/mol. The second kappa shape index (κ2) is 6.35. The van der Waals surface area contributed by atoms with E-state index in [1.807, 2.05) is 0 Å². The predicted molar refractivity (Wildman–Crippen MR) is 63.0 cm³/mol. The van der Waals surface area contributed by atoms with Crippen LogP contribution in [-0.2, 0) is 16.7 Å². The van der Waals surface area contributed by atoms with Gasteiger partial charge < -0.3 is 4.55 Å². The molecule has 2 rings (SSSR count). The number of rotatable bonds is 3. The molecule has 1 aliphatic rings. The van der Waals surface area contributed by atoms with Crippen molar-refractivity contribution < 1.29 is 49.7 Å². The molecule has 0 amide bonds. The number of halogens is 1.